The van der Waals surface area contributed by atoms with E-state index in [-0.39, 0.29) is 12.5 Å². The lowest BCUT2D eigenvalue weighted by molar-refractivity contribution is -0.302. The number of aliphatic hydroxyl groups excluding tert-OH is 5. The summed E-state index contributed by atoms with van der Waals surface area (Å²) in [6.45, 7) is 3.69. The van der Waals surface area contributed by atoms with E-state index < -0.39 is 49.5 Å². The number of ether oxygens (including phenoxy) is 2. The van der Waals surface area contributed by atoms with Gasteiger partial charge < -0.3 is 40.3 Å². The van der Waals surface area contributed by atoms with E-state index in [1.165, 1.54) is 231 Å². The molecular formula is C69H127NO8. The van der Waals surface area contributed by atoms with Crippen LogP contribution in [0.3, 0.4) is 0 Å². The largest absolute Gasteiger partial charge is 0.394 e. The van der Waals surface area contributed by atoms with Crippen LogP contribution in [0.5, 0.6) is 0 Å². The third-order valence-electron chi connectivity index (χ3n) is 15.8. The number of rotatable bonds is 58. The lowest BCUT2D eigenvalue weighted by Crippen LogP contribution is -2.60. The summed E-state index contributed by atoms with van der Waals surface area (Å²) < 4.78 is 11.3. The first-order valence-corrected chi connectivity index (χ1v) is 33.5. The van der Waals surface area contributed by atoms with Crippen molar-refractivity contribution in [1.82, 2.24) is 5.32 Å². The lowest BCUT2D eigenvalue weighted by atomic mass is 9.99. The third-order valence-corrected chi connectivity index (χ3v) is 15.8. The molecule has 1 fully saturated rings. The van der Waals surface area contributed by atoms with E-state index in [4.69, 9.17) is 9.47 Å². The summed E-state index contributed by atoms with van der Waals surface area (Å²) >= 11 is 0. The van der Waals surface area contributed by atoms with E-state index in [9.17, 15) is 30.3 Å². The van der Waals surface area contributed by atoms with Crippen LogP contribution in [0.4, 0.5) is 0 Å². The molecule has 0 aromatic carbocycles. The molecule has 0 saturated carbocycles. The Hall–Kier alpha value is -2.11. The number of hydrogen-bond donors (Lipinski definition) is 6. The van der Waals surface area contributed by atoms with E-state index in [0.29, 0.717) is 6.42 Å². The van der Waals surface area contributed by atoms with Gasteiger partial charge in [-0.15, -0.1) is 0 Å². The molecule has 7 unspecified atom stereocenters. The predicted molar refractivity (Wildman–Crippen MR) is 332 cm³/mol. The highest BCUT2D eigenvalue weighted by molar-refractivity contribution is 5.76. The van der Waals surface area contributed by atoms with E-state index in [2.05, 4.69) is 67.8 Å². The minimum Gasteiger partial charge on any atom is -0.394 e. The van der Waals surface area contributed by atoms with Crippen LogP contribution in [0, 0.1) is 0 Å². The Morgan fingerprint density at radius 1 is 0.449 bits per heavy atom. The molecular weight excluding hydrogens is 971 g/mol. The second-order valence-corrected chi connectivity index (χ2v) is 23.2. The van der Waals surface area contributed by atoms with E-state index in [1.54, 1.807) is 6.08 Å². The number of allylic oxidation sites excluding steroid dienone is 9. The summed E-state index contributed by atoms with van der Waals surface area (Å²) in [5.41, 5.74) is 0. The second-order valence-electron chi connectivity index (χ2n) is 23.2. The number of amides is 1. The van der Waals surface area contributed by atoms with Gasteiger partial charge in [0.15, 0.2) is 6.29 Å². The van der Waals surface area contributed by atoms with Gasteiger partial charge in [-0.05, 0) is 57.8 Å². The maximum atomic E-state index is 13.1. The fourth-order valence-corrected chi connectivity index (χ4v) is 10.6. The summed E-state index contributed by atoms with van der Waals surface area (Å²) in [7, 11) is 0. The Morgan fingerprint density at radius 2 is 0.795 bits per heavy atom. The molecule has 9 nitrogen and oxygen atoms in total. The Balaban J connectivity index is 2.05. The predicted octanol–water partition coefficient (Wildman–Crippen LogP) is 17.8. The second kappa shape index (κ2) is 58.1. The van der Waals surface area contributed by atoms with Gasteiger partial charge in [-0.2, -0.15) is 0 Å². The Morgan fingerprint density at radius 3 is 1.18 bits per heavy atom. The summed E-state index contributed by atoms with van der Waals surface area (Å²) in [4.78, 5) is 13.1. The van der Waals surface area contributed by atoms with Crippen LogP contribution in [-0.4, -0.2) is 87.5 Å². The maximum Gasteiger partial charge on any atom is 0.220 e. The van der Waals surface area contributed by atoms with Crippen LogP contribution in [-0.2, 0) is 14.3 Å². The molecule has 1 rings (SSSR count). The zero-order chi connectivity index (χ0) is 56.5. The molecule has 456 valence electrons. The van der Waals surface area contributed by atoms with Crippen molar-refractivity contribution in [2.75, 3.05) is 13.2 Å². The Bertz CT molecular complexity index is 1410. The number of aliphatic hydroxyl groups is 5. The zero-order valence-corrected chi connectivity index (χ0v) is 50.9. The first-order chi connectivity index (χ1) is 38.3. The summed E-state index contributed by atoms with van der Waals surface area (Å²) in [6, 6.07) is -0.804. The van der Waals surface area contributed by atoms with E-state index in [0.717, 1.165) is 64.2 Å². The smallest absolute Gasteiger partial charge is 0.220 e. The van der Waals surface area contributed by atoms with Crippen molar-refractivity contribution in [3.63, 3.8) is 0 Å². The summed E-state index contributed by atoms with van der Waals surface area (Å²) in [5, 5.41) is 54.6. The summed E-state index contributed by atoms with van der Waals surface area (Å²) in [5.74, 6) is -0.172. The monoisotopic (exact) mass is 1100 g/mol. The van der Waals surface area contributed by atoms with Gasteiger partial charge in [0.1, 0.15) is 24.4 Å². The molecule has 0 radical (unpaired) electrons. The van der Waals surface area contributed by atoms with Crippen LogP contribution in [0.2, 0.25) is 0 Å². The molecule has 1 aliphatic heterocycles. The van der Waals surface area contributed by atoms with Gasteiger partial charge in [-0.25, -0.2) is 0 Å². The normalized spacial score (nSPS) is 19.0. The van der Waals surface area contributed by atoms with Crippen molar-refractivity contribution < 1.29 is 39.8 Å². The SMILES string of the molecule is CC/C=C\C/C=C\C/C=C\C/C=C\CCCCCCCCCCCCCCCCCCCCCCCCCCCCC(=O)NC(COC1OC(CO)C(O)C(O)C1O)C(O)/C=C/CCCCCCCCCCCCCCCC. The number of nitrogens with one attached hydrogen (secondary N) is 1. The zero-order valence-electron chi connectivity index (χ0n) is 50.9. The molecule has 7 atom stereocenters. The van der Waals surface area contributed by atoms with Gasteiger partial charge in [0.2, 0.25) is 5.91 Å². The fraction of sp³-hybridized carbons (Fsp3) is 0.841. The summed E-state index contributed by atoms with van der Waals surface area (Å²) in [6.07, 6.45) is 73.3. The Labute approximate surface area is 481 Å². The molecule has 0 bridgehead atoms. The first kappa shape index (κ1) is 73.9. The number of hydrogen-bond acceptors (Lipinski definition) is 8. The van der Waals surface area contributed by atoms with Gasteiger partial charge in [-0.1, -0.05) is 312 Å². The van der Waals surface area contributed by atoms with Gasteiger partial charge in [0, 0.05) is 6.42 Å². The average Bonchev–Trinajstić information content (AvgIpc) is 3.45. The van der Waals surface area contributed by atoms with E-state index >= 15 is 0 Å². The van der Waals surface area contributed by atoms with Gasteiger partial charge in [0.05, 0.1) is 25.4 Å². The maximum absolute atomic E-state index is 13.1. The van der Waals surface area contributed by atoms with Crippen molar-refractivity contribution in [3.8, 4) is 0 Å². The fourth-order valence-electron chi connectivity index (χ4n) is 10.6. The number of carbonyl (C=O) groups excluding carboxylic acids is 1. The molecule has 0 aromatic rings. The highest BCUT2D eigenvalue weighted by Gasteiger charge is 2.44. The molecule has 6 N–H and O–H groups in total. The third kappa shape index (κ3) is 46.5. The molecule has 9 heteroatoms. The molecule has 1 aliphatic rings. The highest BCUT2D eigenvalue weighted by atomic mass is 16.7. The molecule has 0 spiro atoms. The van der Waals surface area contributed by atoms with Crippen molar-refractivity contribution in [2.24, 2.45) is 0 Å². The van der Waals surface area contributed by atoms with E-state index in [1.807, 2.05) is 6.08 Å². The van der Waals surface area contributed by atoms with Crippen LogP contribution < -0.4 is 5.32 Å². The topological polar surface area (TPSA) is 149 Å². The van der Waals surface area contributed by atoms with Crippen molar-refractivity contribution in [3.05, 3.63) is 60.8 Å². The molecule has 1 heterocycles. The standard InChI is InChI=1S/C69H127NO8/c1-3-5-7-9-11-13-15-17-19-21-22-23-24-25-26-27-28-29-30-31-32-33-34-35-36-37-38-39-40-41-42-43-45-47-49-51-53-55-57-59-65(73)70-62(61-77-69-68(76)67(75)66(74)64(60-71)78-69)63(72)58-56-54-52-50-48-46-44-20-18-16-14-12-10-8-6-4-2/h5,7,11,13,17,19,22-23,56,58,62-64,66-69,71-72,74-76H,3-4,6,8-10,12,14-16,18,20-21,24-55,57,59-61H2,1-2H3,(H,70,73)/b7-5-,13-11-,19-17-,23-22-,58-56+. The first-order valence-electron chi connectivity index (χ1n) is 33.5. The lowest BCUT2D eigenvalue weighted by Gasteiger charge is -2.40. The minimum atomic E-state index is -1.57. The van der Waals surface area contributed by atoms with Gasteiger partial charge in [0.25, 0.3) is 0 Å². The Kier molecular flexibility index (Phi) is 55.0. The van der Waals surface area contributed by atoms with Crippen molar-refractivity contribution in [1.29, 1.82) is 0 Å². The van der Waals surface area contributed by atoms with Crippen LogP contribution in [0.25, 0.3) is 0 Å². The molecule has 78 heavy (non-hydrogen) atoms. The molecule has 0 aliphatic carbocycles. The van der Waals surface area contributed by atoms with Gasteiger partial charge >= 0.3 is 0 Å². The number of carbonyl (C=O) groups is 1. The minimum absolute atomic E-state index is 0.172. The number of unbranched alkanes of at least 4 members (excludes halogenated alkanes) is 40. The van der Waals surface area contributed by atoms with Gasteiger partial charge in [-0.3, -0.25) is 4.79 Å². The average molecular weight is 1100 g/mol. The quantitative estimate of drug-likeness (QED) is 0.0261. The molecule has 1 amide bonds. The molecule has 1 saturated heterocycles. The van der Waals surface area contributed by atoms with Crippen LogP contribution >= 0.6 is 0 Å². The highest BCUT2D eigenvalue weighted by Crippen LogP contribution is 2.23. The van der Waals surface area contributed by atoms with Crippen LogP contribution in [0.15, 0.2) is 60.8 Å². The van der Waals surface area contributed by atoms with Crippen LogP contribution in [0.1, 0.15) is 316 Å². The van der Waals surface area contributed by atoms with Crippen molar-refractivity contribution in [2.45, 2.75) is 358 Å². The molecule has 0 aromatic heterocycles. The van der Waals surface area contributed by atoms with Crippen molar-refractivity contribution >= 4 is 5.91 Å².